The number of nitrogens with zero attached hydrogens (tertiary/aromatic N) is 1. The van der Waals surface area contributed by atoms with Gasteiger partial charge in [0, 0.05) is 19.3 Å². The van der Waals surface area contributed by atoms with Crippen molar-refractivity contribution in [3.63, 3.8) is 0 Å². The van der Waals surface area contributed by atoms with Crippen molar-refractivity contribution >= 4 is 11.8 Å². The SMILES string of the molecule is CC(C)(C)OC(=O)CC1CC(COCCCCNc2ccccn2)=CCc2ccccc21. The van der Waals surface area contributed by atoms with E-state index < -0.39 is 5.60 Å². The van der Waals surface area contributed by atoms with Gasteiger partial charge in [0.2, 0.25) is 0 Å². The fourth-order valence-electron chi connectivity index (χ4n) is 3.98. The zero-order chi connectivity index (χ0) is 22.8. The third-order valence-electron chi connectivity index (χ3n) is 5.42. The molecule has 5 heteroatoms. The molecule has 3 rings (SSSR count). The van der Waals surface area contributed by atoms with Gasteiger partial charge < -0.3 is 14.8 Å². The minimum absolute atomic E-state index is 0.126. The van der Waals surface area contributed by atoms with Gasteiger partial charge in [-0.15, -0.1) is 0 Å². The van der Waals surface area contributed by atoms with E-state index in [1.54, 1.807) is 6.20 Å². The normalized spacial score (nSPS) is 16.0. The zero-order valence-electron chi connectivity index (χ0n) is 19.6. The van der Waals surface area contributed by atoms with Gasteiger partial charge in [-0.25, -0.2) is 4.98 Å². The third kappa shape index (κ3) is 8.12. The van der Waals surface area contributed by atoms with Gasteiger partial charge in [0.1, 0.15) is 11.4 Å². The molecule has 0 amide bonds. The molecule has 1 N–H and O–H groups in total. The van der Waals surface area contributed by atoms with Gasteiger partial charge >= 0.3 is 5.97 Å². The average Bonchev–Trinajstić information content (AvgIpc) is 2.92. The summed E-state index contributed by atoms with van der Waals surface area (Å²) in [6.07, 6.45) is 8.20. The standard InChI is InChI=1S/C27H36N2O3/c1-27(2,3)32-26(30)19-23-18-21(13-14-22-10-4-5-11-24(22)23)20-31-17-9-8-16-29-25-12-6-7-15-28-25/h4-7,10-13,15,23H,8-9,14,16-20H2,1-3H3,(H,28,29). The number of allylic oxidation sites excluding steroid dienone is 1. The summed E-state index contributed by atoms with van der Waals surface area (Å²) in [5.74, 6) is 0.897. The van der Waals surface area contributed by atoms with Gasteiger partial charge in [-0.2, -0.15) is 0 Å². The first-order chi connectivity index (χ1) is 15.4. The second kappa shape index (κ2) is 11.8. The number of carbonyl (C=O) groups is 1. The Hall–Kier alpha value is -2.66. The number of unbranched alkanes of at least 4 members (excludes halogenated alkanes) is 1. The van der Waals surface area contributed by atoms with Crippen LogP contribution in [0.2, 0.25) is 0 Å². The number of hydrogen-bond donors (Lipinski definition) is 1. The van der Waals surface area contributed by atoms with Crippen molar-refractivity contribution in [1.29, 1.82) is 0 Å². The topological polar surface area (TPSA) is 60.5 Å². The summed E-state index contributed by atoms with van der Waals surface area (Å²) >= 11 is 0. The molecule has 0 fully saturated rings. The minimum Gasteiger partial charge on any atom is -0.460 e. The highest BCUT2D eigenvalue weighted by molar-refractivity contribution is 5.71. The fraction of sp³-hybridized carbons (Fsp3) is 0.481. The highest BCUT2D eigenvalue weighted by atomic mass is 16.6. The van der Waals surface area contributed by atoms with Crippen molar-refractivity contribution < 1.29 is 14.3 Å². The van der Waals surface area contributed by atoms with Crippen LogP contribution in [0.5, 0.6) is 0 Å². The highest BCUT2D eigenvalue weighted by Crippen LogP contribution is 2.34. The summed E-state index contributed by atoms with van der Waals surface area (Å²) in [5.41, 5.74) is 3.34. The summed E-state index contributed by atoms with van der Waals surface area (Å²) in [6, 6.07) is 14.3. The number of esters is 1. The third-order valence-corrected chi connectivity index (χ3v) is 5.42. The van der Waals surface area contributed by atoms with Gasteiger partial charge in [0.25, 0.3) is 0 Å². The molecule has 32 heavy (non-hydrogen) atoms. The lowest BCUT2D eigenvalue weighted by Crippen LogP contribution is -2.25. The predicted octanol–water partition coefficient (Wildman–Crippen LogP) is 5.68. The van der Waals surface area contributed by atoms with Crippen molar-refractivity contribution in [3.05, 3.63) is 71.4 Å². The van der Waals surface area contributed by atoms with Gasteiger partial charge in [-0.1, -0.05) is 36.4 Å². The second-order valence-corrected chi connectivity index (χ2v) is 9.36. The molecular weight excluding hydrogens is 400 g/mol. The van der Waals surface area contributed by atoms with E-state index in [1.807, 2.05) is 39.0 Å². The number of aromatic nitrogens is 1. The van der Waals surface area contributed by atoms with E-state index in [-0.39, 0.29) is 11.9 Å². The fourth-order valence-corrected chi connectivity index (χ4v) is 3.98. The Bertz CT molecular complexity index is 887. The predicted molar refractivity (Wildman–Crippen MR) is 129 cm³/mol. The number of rotatable bonds is 10. The Kier molecular flexibility index (Phi) is 8.86. The van der Waals surface area contributed by atoms with Crippen molar-refractivity contribution in [1.82, 2.24) is 4.98 Å². The number of fused-ring (bicyclic) bond motifs is 1. The summed E-state index contributed by atoms with van der Waals surface area (Å²) in [4.78, 5) is 16.8. The number of benzene rings is 1. The number of ether oxygens (including phenoxy) is 2. The van der Waals surface area contributed by atoms with Crippen molar-refractivity contribution in [2.24, 2.45) is 0 Å². The first-order valence-electron chi connectivity index (χ1n) is 11.6. The molecule has 172 valence electrons. The molecule has 2 aromatic rings. The first-order valence-corrected chi connectivity index (χ1v) is 11.6. The molecule has 0 bridgehead atoms. The number of anilines is 1. The van der Waals surface area contributed by atoms with E-state index in [1.165, 1.54) is 16.7 Å². The number of hydrogen-bond acceptors (Lipinski definition) is 5. The summed E-state index contributed by atoms with van der Waals surface area (Å²) < 4.78 is 11.6. The largest absolute Gasteiger partial charge is 0.460 e. The van der Waals surface area contributed by atoms with E-state index in [2.05, 4.69) is 40.6 Å². The van der Waals surface area contributed by atoms with Crippen LogP contribution in [-0.2, 0) is 20.7 Å². The van der Waals surface area contributed by atoms with Crippen LogP contribution in [0.25, 0.3) is 0 Å². The molecule has 1 heterocycles. The summed E-state index contributed by atoms with van der Waals surface area (Å²) in [5, 5.41) is 3.32. The smallest absolute Gasteiger partial charge is 0.306 e. The van der Waals surface area contributed by atoms with E-state index in [9.17, 15) is 4.79 Å². The number of nitrogens with one attached hydrogen (secondary N) is 1. The quantitative estimate of drug-likeness (QED) is 0.295. The molecule has 0 saturated carbocycles. The van der Waals surface area contributed by atoms with Crippen LogP contribution in [0.4, 0.5) is 5.82 Å². The van der Waals surface area contributed by atoms with Gasteiger partial charge in [-0.05, 0) is 81.2 Å². The Morgan fingerprint density at radius 3 is 2.72 bits per heavy atom. The van der Waals surface area contributed by atoms with Crippen molar-refractivity contribution in [2.75, 3.05) is 25.1 Å². The molecular formula is C27H36N2O3. The van der Waals surface area contributed by atoms with E-state index in [0.717, 1.165) is 44.7 Å². The molecule has 1 aromatic heterocycles. The maximum atomic E-state index is 12.5. The first kappa shape index (κ1) is 24.0. The molecule has 1 unspecified atom stereocenters. The summed E-state index contributed by atoms with van der Waals surface area (Å²) in [6.45, 7) is 7.97. The Morgan fingerprint density at radius 2 is 1.94 bits per heavy atom. The van der Waals surface area contributed by atoms with Crippen molar-refractivity contribution in [2.45, 2.75) is 64.4 Å². The maximum absolute atomic E-state index is 12.5. The van der Waals surface area contributed by atoms with Crippen molar-refractivity contribution in [3.8, 4) is 0 Å². The van der Waals surface area contributed by atoms with Gasteiger partial charge in [-0.3, -0.25) is 4.79 Å². The molecule has 1 aliphatic rings. The Morgan fingerprint density at radius 1 is 1.12 bits per heavy atom. The lowest BCUT2D eigenvalue weighted by Gasteiger charge is -2.23. The maximum Gasteiger partial charge on any atom is 0.306 e. The van der Waals surface area contributed by atoms with Crippen LogP contribution in [0.3, 0.4) is 0 Å². The van der Waals surface area contributed by atoms with Crippen LogP contribution in [0, 0.1) is 0 Å². The van der Waals surface area contributed by atoms with E-state index >= 15 is 0 Å². The van der Waals surface area contributed by atoms with E-state index in [0.29, 0.717) is 13.0 Å². The monoisotopic (exact) mass is 436 g/mol. The van der Waals surface area contributed by atoms with Crippen LogP contribution in [-0.4, -0.2) is 36.3 Å². The van der Waals surface area contributed by atoms with Crippen LogP contribution < -0.4 is 5.32 Å². The Labute approximate surface area is 192 Å². The Balaban J connectivity index is 1.46. The molecule has 0 saturated heterocycles. The second-order valence-electron chi connectivity index (χ2n) is 9.36. The summed E-state index contributed by atoms with van der Waals surface area (Å²) in [7, 11) is 0. The molecule has 1 aliphatic carbocycles. The lowest BCUT2D eigenvalue weighted by molar-refractivity contribution is -0.155. The molecule has 5 nitrogen and oxygen atoms in total. The molecule has 0 spiro atoms. The molecule has 1 aromatic carbocycles. The van der Waals surface area contributed by atoms with Gasteiger partial charge in [0.05, 0.1) is 13.0 Å². The highest BCUT2D eigenvalue weighted by Gasteiger charge is 2.25. The zero-order valence-corrected chi connectivity index (χ0v) is 19.6. The lowest BCUT2D eigenvalue weighted by atomic mass is 9.88. The average molecular weight is 437 g/mol. The molecule has 0 aliphatic heterocycles. The number of carbonyl (C=O) groups excluding carboxylic acids is 1. The number of pyridine rings is 1. The van der Waals surface area contributed by atoms with Gasteiger partial charge in [0.15, 0.2) is 0 Å². The van der Waals surface area contributed by atoms with E-state index in [4.69, 9.17) is 9.47 Å². The molecule has 0 radical (unpaired) electrons. The van der Waals surface area contributed by atoms with Crippen LogP contribution in [0.1, 0.15) is 63.5 Å². The molecule has 1 atom stereocenters. The minimum atomic E-state index is -0.464. The van der Waals surface area contributed by atoms with Crippen LogP contribution in [0.15, 0.2) is 60.3 Å². The van der Waals surface area contributed by atoms with Crippen LogP contribution >= 0.6 is 0 Å².